The van der Waals surface area contributed by atoms with Crippen LogP contribution in [0.3, 0.4) is 0 Å². The number of benzene rings is 2. The standard InChI is InChI=1S/C15H15N3O2S/c16-21(19,20)15-5-3-13(4-6-15)18-14-2-1-11-7-8-17-10-12(11)9-14/h1-6,9-10,18H,7-8H2,(H2,16,19,20). The molecule has 0 amide bonds. The van der Waals surface area contributed by atoms with Gasteiger partial charge in [-0.3, -0.25) is 4.99 Å². The summed E-state index contributed by atoms with van der Waals surface area (Å²) in [6.07, 6.45) is 2.85. The molecule has 21 heavy (non-hydrogen) atoms. The van der Waals surface area contributed by atoms with Crippen LogP contribution in [-0.2, 0) is 16.4 Å². The molecular weight excluding hydrogens is 286 g/mol. The highest BCUT2D eigenvalue weighted by Gasteiger charge is 2.08. The maximum absolute atomic E-state index is 11.2. The van der Waals surface area contributed by atoms with Crippen molar-refractivity contribution in [3.05, 3.63) is 53.6 Å². The van der Waals surface area contributed by atoms with Gasteiger partial charge in [0.25, 0.3) is 0 Å². The summed E-state index contributed by atoms with van der Waals surface area (Å²) in [5.41, 5.74) is 4.15. The van der Waals surface area contributed by atoms with Crippen LogP contribution in [0.5, 0.6) is 0 Å². The van der Waals surface area contributed by atoms with Gasteiger partial charge in [0.15, 0.2) is 0 Å². The molecule has 0 unspecified atom stereocenters. The van der Waals surface area contributed by atoms with Gasteiger partial charge >= 0.3 is 0 Å². The van der Waals surface area contributed by atoms with Crippen molar-refractivity contribution in [1.82, 2.24) is 0 Å². The molecule has 0 fully saturated rings. The third kappa shape index (κ3) is 3.12. The number of nitrogens with two attached hydrogens (primary N) is 1. The summed E-state index contributed by atoms with van der Waals surface area (Å²) in [6.45, 7) is 0.842. The molecule has 1 aliphatic heterocycles. The molecular formula is C15H15N3O2S. The zero-order chi connectivity index (χ0) is 14.9. The Kier molecular flexibility index (Phi) is 3.48. The highest BCUT2D eigenvalue weighted by atomic mass is 32.2. The molecule has 0 saturated carbocycles. The minimum absolute atomic E-state index is 0.102. The first-order chi connectivity index (χ1) is 10.0. The van der Waals surface area contributed by atoms with Crippen LogP contribution in [-0.4, -0.2) is 21.2 Å². The Morgan fingerprint density at radius 1 is 1.05 bits per heavy atom. The van der Waals surface area contributed by atoms with Crippen LogP contribution in [0, 0.1) is 0 Å². The molecule has 1 heterocycles. The summed E-state index contributed by atoms with van der Waals surface area (Å²) in [5, 5.41) is 8.31. The van der Waals surface area contributed by atoms with Crippen molar-refractivity contribution in [3.8, 4) is 0 Å². The molecule has 0 aliphatic carbocycles. The van der Waals surface area contributed by atoms with Crippen molar-refractivity contribution in [3.63, 3.8) is 0 Å². The van der Waals surface area contributed by atoms with Crippen molar-refractivity contribution in [1.29, 1.82) is 0 Å². The molecule has 0 bridgehead atoms. The minimum Gasteiger partial charge on any atom is -0.356 e. The van der Waals surface area contributed by atoms with E-state index in [1.165, 1.54) is 17.7 Å². The van der Waals surface area contributed by atoms with Gasteiger partial charge in [0.05, 0.1) is 4.90 Å². The first-order valence-corrected chi connectivity index (χ1v) is 8.10. The molecule has 0 spiro atoms. The number of rotatable bonds is 3. The quantitative estimate of drug-likeness (QED) is 0.910. The van der Waals surface area contributed by atoms with Gasteiger partial charge in [-0.05, 0) is 53.9 Å². The van der Waals surface area contributed by atoms with E-state index in [1.807, 2.05) is 18.3 Å². The average molecular weight is 301 g/mol. The summed E-state index contributed by atoms with van der Waals surface area (Å²) in [7, 11) is -3.65. The van der Waals surface area contributed by atoms with Gasteiger partial charge in [0.1, 0.15) is 0 Å². The number of nitrogens with zero attached hydrogens (tertiary/aromatic N) is 1. The second-order valence-electron chi connectivity index (χ2n) is 4.89. The summed E-state index contributed by atoms with van der Waals surface area (Å²) < 4.78 is 22.4. The van der Waals surface area contributed by atoms with E-state index in [9.17, 15) is 8.42 Å². The maximum atomic E-state index is 11.2. The Labute approximate surface area is 123 Å². The molecule has 0 saturated heterocycles. The number of sulfonamides is 1. The van der Waals surface area contributed by atoms with E-state index in [1.54, 1.807) is 12.1 Å². The first-order valence-electron chi connectivity index (χ1n) is 6.55. The van der Waals surface area contributed by atoms with Crippen LogP contribution >= 0.6 is 0 Å². The largest absolute Gasteiger partial charge is 0.356 e. The third-order valence-corrected chi connectivity index (χ3v) is 4.29. The number of nitrogens with one attached hydrogen (secondary N) is 1. The fourth-order valence-corrected chi connectivity index (χ4v) is 2.78. The second kappa shape index (κ2) is 5.31. The lowest BCUT2D eigenvalue weighted by Crippen LogP contribution is -2.11. The number of hydrogen-bond acceptors (Lipinski definition) is 4. The van der Waals surface area contributed by atoms with Crippen LogP contribution in [0.1, 0.15) is 11.1 Å². The predicted molar refractivity (Wildman–Crippen MR) is 83.7 cm³/mol. The van der Waals surface area contributed by atoms with E-state index >= 15 is 0 Å². The minimum atomic E-state index is -3.65. The van der Waals surface area contributed by atoms with Gasteiger partial charge in [-0.2, -0.15) is 0 Å². The fraction of sp³-hybridized carbons (Fsp3) is 0.133. The molecule has 6 heteroatoms. The van der Waals surface area contributed by atoms with Gasteiger partial charge in [-0.25, -0.2) is 13.6 Å². The Morgan fingerprint density at radius 2 is 1.76 bits per heavy atom. The monoisotopic (exact) mass is 301 g/mol. The van der Waals surface area contributed by atoms with Gasteiger partial charge < -0.3 is 5.32 Å². The third-order valence-electron chi connectivity index (χ3n) is 3.36. The number of hydrogen-bond donors (Lipinski definition) is 2. The molecule has 0 radical (unpaired) electrons. The molecule has 0 atom stereocenters. The van der Waals surface area contributed by atoms with Crippen molar-refractivity contribution in [2.24, 2.45) is 10.1 Å². The number of aliphatic imine (C=N–C) groups is 1. The van der Waals surface area contributed by atoms with E-state index < -0.39 is 10.0 Å². The zero-order valence-electron chi connectivity index (χ0n) is 11.3. The van der Waals surface area contributed by atoms with Crippen LogP contribution < -0.4 is 10.5 Å². The summed E-state index contributed by atoms with van der Waals surface area (Å²) in [5.74, 6) is 0. The summed E-state index contributed by atoms with van der Waals surface area (Å²) in [6, 6.07) is 12.5. The average Bonchev–Trinajstić information content (AvgIpc) is 2.47. The molecule has 0 aromatic heterocycles. The van der Waals surface area contributed by atoms with Crippen LogP contribution in [0.4, 0.5) is 11.4 Å². The molecule has 3 rings (SSSR count). The Morgan fingerprint density at radius 3 is 2.48 bits per heavy atom. The van der Waals surface area contributed by atoms with Crippen LogP contribution in [0.25, 0.3) is 0 Å². The van der Waals surface area contributed by atoms with Crippen molar-refractivity contribution in [2.75, 3.05) is 11.9 Å². The van der Waals surface area contributed by atoms with E-state index in [4.69, 9.17) is 5.14 Å². The highest BCUT2D eigenvalue weighted by molar-refractivity contribution is 7.89. The lowest BCUT2D eigenvalue weighted by Gasteiger charge is -2.13. The van der Waals surface area contributed by atoms with Crippen LogP contribution in [0.15, 0.2) is 52.4 Å². The lowest BCUT2D eigenvalue weighted by molar-refractivity contribution is 0.598. The molecule has 2 aromatic rings. The zero-order valence-corrected chi connectivity index (χ0v) is 12.1. The first kappa shape index (κ1) is 13.8. The Bertz CT molecular complexity index is 796. The molecule has 1 aliphatic rings. The SMILES string of the molecule is NS(=O)(=O)c1ccc(Nc2ccc3c(c2)C=NCC3)cc1. The van der Waals surface area contributed by atoms with Crippen LogP contribution in [0.2, 0.25) is 0 Å². The van der Waals surface area contributed by atoms with Crippen molar-refractivity contribution < 1.29 is 8.42 Å². The van der Waals surface area contributed by atoms with Gasteiger partial charge in [-0.15, -0.1) is 0 Å². The van der Waals surface area contributed by atoms with Crippen molar-refractivity contribution in [2.45, 2.75) is 11.3 Å². The Balaban J connectivity index is 1.83. The van der Waals surface area contributed by atoms with E-state index in [0.29, 0.717) is 0 Å². The summed E-state index contributed by atoms with van der Waals surface area (Å²) >= 11 is 0. The fourth-order valence-electron chi connectivity index (χ4n) is 2.26. The smallest absolute Gasteiger partial charge is 0.238 e. The molecule has 108 valence electrons. The van der Waals surface area contributed by atoms with Crippen molar-refractivity contribution >= 4 is 27.6 Å². The van der Waals surface area contributed by atoms with Gasteiger partial charge in [0, 0.05) is 24.1 Å². The van der Waals surface area contributed by atoms with Gasteiger partial charge in [0.2, 0.25) is 10.0 Å². The number of anilines is 2. The normalized spacial score (nSPS) is 13.8. The molecule has 3 N–H and O–H groups in total. The number of primary sulfonamides is 1. The maximum Gasteiger partial charge on any atom is 0.238 e. The predicted octanol–water partition coefficient (Wildman–Crippen LogP) is 2.05. The highest BCUT2D eigenvalue weighted by Crippen LogP contribution is 2.22. The Hall–Kier alpha value is -2.18. The lowest BCUT2D eigenvalue weighted by atomic mass is 10.0. The van der Waals surface area contributed by atoms with E-state index in [2.05, 4.69) is 16.4 Å². The number of fused-ring (bicyclic) bond motifs is 1. The summed E-state index contributed by atoms with van der Waals surface area (Å²) in [4.78, 5) is 4.37. The molecule has 5 nitrogen and oxygen atoms in total. The van der Waals surface area contributed by atoms with E-state index in [0.717, 1.165) is 29.9 Å². The molecule has 2 aromatic carbocycles. The van der Waals surface area contributed by atoms with E-state index in [-0.39, 0.29) is 4.90 Å². The van der Waals surface area contributed by atoms with Gasteiger partial charge in [-0.1, -0.05) is 6.07 Å². The topological polar surface area (TPSA) is 84.5 Å². The second-order valence-corrected chi connectivity index (χ2v) is 6.45.